The van der Waals surface area contributed by atoms with E-state index >= 15 is 0 Å². The van der Waals surface area contributed by atoms with Gasteiger partial charge in [-0.25, -0.2) is 0 Å². The summed E-state index contributed by atoms with van der Waals surface area (Å²) in [6, 6.07) is 0.469. The summed E-state index contributed by atoms with van der Waals surface area (Å²) < 4.78 is 0. The molecule has 1 fully saturated rings. The molecule has 1 aliphatic rings. The molecule has 0 amide bonds. The minimum absolute atomic E-state index is 0.469. The molecule has 2 nitrogen and oxygen atoms in total. The molecule has 0 heterocycles. The summed E-state index contributed by atoms with van der Waals surface area (Å²) >= 11 is 0. The maximum absolute atomic E-state index is 6.06. The Morgan fingerprint density at radius 3 is 2.29 bits per heavy atom. The fourth-order valence-corrected chi connectivity index (χ4v) is 1.72. The van der Waals surface area contributed by atoms with Gasteiger partial charge in [-0.1, -0.05) is 13.8 Å². The maximum atomic E-state index is 6.06. The van der Waals surface area contributed by atoms with Crippen molar-refractivity contribution >= 4 is 0 Å². The molecule has 1 aliphatic carbocycles. The lowest BCUT2D eigenvalue weighted by atomic mass is 10.1. The van der Waals surface area contributed by atoms with Gasteiger partial charge in [-0.15, -0.1) is 0 Å². The molecule has 0 aromatic carbocycles. The van der Waals surface area contributed by atoms with E-state index < -0.39 is 0 Å². The number of nitrogens with two attached hydrogens (primary N) is 1. The topological polar surface area (TPSA) is 29.3 Å². The van der Waals surface area contributed by atoms with Crippen LogP contribution >= 0.6 is 0 Å². The van der Waals surface area contributed by atoms with E-state index in [9.17, 15) is 0 Å². The molecule has 2 heteroatoms. The van der Waals surface area contributed by atoms with Crippen molar-refractivity contribution in [2.24, 2.45) is 17.6 Å². The highest BCUT2D eigenvalue weighted by atomic mass is 15.1. The van der Waals surface area contributed by atoms with Crippen LogP contribution < -0.4 is 5.73 Å². The molecule has 1 unspecified atom stereocenters. The number of rotatable bonds is 7. The second-order valence-electron chi connectivity index (χ2n) is 5.28. The molecule has 0 spiro atoms. The van der Waals surface area contributed by atoms with Crippen LogP contribution in [0.5, 0.6) is 0 Å². The number of nitrogens with zero attached hydrogens (tertiary/aromatic N) is 1. The third-order valence-electron chi connectivity index (χ3n) is 3.16. The van der Waals surface area contributed by atoms with Crippen LogP contribution in [0.3, 0.4) is 0 Å². The van der Waals surface area contributed by atoms with E-state index in [1.54, 1.807) is 0 Å². The highest BCUT2D eigenvalue weighted by Crippen LogP contribution is 2.32. The molecular weight excluding hydrogens is 172 g/mol. The summed E-state index contributed by atoms with van der Waals surface area (Å²) in [4.78, 5) is 2.42. The highest BCUT2D eigenvalue weighted by Gasteiger charge is 2.27. The highest BCUT2D eigenvalue weighted by molar-refractivity contribution is 4.84. The van der Waals surface area contributed by atoms with Gasteiger partial charge in [-0.05, 0) is 57.7 Å². The van der Waals surface area contributed by atoms with Gasteiger partial charge in [-0.3, -0.25) is 0 Å². The van der Waals surface area contributed by atoms with E-state index in [2.05, 4.69) is 25.8 Å². The van der Waals surface area contributed by atoms with Gasteiger partial charge < -0.3 is 10.6 Å². The normalized spacial score (nSPS) is 19.3. The second kappa shape index (κ2) is 5.72. The lowest BCUT2D eigenvalue weighted by Gasteiger charge is -2.19. The molecular formula is C12H26N2. The fraction of sp³-hybridized carbons (Fsp3) is 1.00. The van der Waals surface area contributed by atoms with Crippen molar-refractivity contribution in [1.82, 2.24) is 4.90 Å². The standard InChI is InChI=1S/C12H26N2/c1-10(2)6-8-14(3)9-7-12(13)11-4-5-11/h10-12H,4-9,13H2,1-3H3. The van der Waals surface area contributed by atoms with Crippen LogP contribution in [0.15, 0.2) is 0 Å². The summed E-state index contributed by atoms with van der Waals surface area (Å²) in [5, 5.41) is 0. The predicted molar refractivity (Wildman–Crippen MR) is 62.3 cm³/mol. The Balaban J connectivity index is 1.98. The average Bonchev–Trinajstić information content (AvgIpc) is 2.93. The summed E-state index contributed by atoms with van der Waals surface area (Å²) in [7, 11) is 2.21. The molecule has 0 aromatic rings. The number of hydrogen-bond donors (Lipinski definition) is 1. The smallest absolute Gasteiger partial charge is 0.00793 e. The Labute approximate surface area is 88.8 Å². The first kappa shape index (κ1) is 12.0. The second-order valence-corrected chi connectivity index (χ2v) is 5.28. The average molecular weight is 198 g/mol. The molecule has 1 atom stereocenters. The lowest BCUT2D eigenvalue weighted by Crippen LogP contribution is -2.30. The Hall–Kier alpha value is -0.0800. The molecule has 1 saturated carbocycles. The fourth-order valence-electron chi connectivity index (χ4n) is 1.72. The summed E-state index contributed by atoms with van der Waals surface area (Å²) in [5.74, 6) is 1.67. The van der Waals surface area contributed by atoms with Crippen LogP contribution in [-0.4, -0.2) is 31.1 Å². The molecule has 0 radical (unpaired) electrons. The summed E-state index contributed by atoms with van der Waals surface area (Å²) in [5.41, 5.74) is 6.06. The zero-order chi connectivity index (χ0) is 10.6. The first-order valence-corrected chi connectivity index (χ1v) is 6.03. The Bertz CT molecular complexity index is 152. The number of hydrogen-bond acceptors (Lipinski definition) is 2. The Kier molecular flexibility index (Phi) is 4.90. The van der Waals surface area contributed by atoms with Crippen LogP contribution in [0.1, 0.15) is 39.5 Å². The first-order chi connectivity index (χ1) is 6.59. The van der Waals surface area contributed by atoms with Crippen LogP contribution in [0.2, 0.25) is 0 Å². The third-order valence-corrected chi connectivity index (χ3v) is 3.16. The molecule has 0 aliphatic heterocycles. The van der Waals surface area contributed by atoms with Crippen molar-refractivity contribution in [1.29, 1.82) is 0 Å². The van der Waals surface area contributed by atoms with Gasteiger partial charge in [0.2, 0.25) is 0 Å². The van der Waals surface area contributed by atoms with Gasteiger partial charge in [-0.2, -0.15) is 0 Å². The van der Waals surface area contributed by atoms with Gasteiger partial charge >= 0.3 is 0 Å². The predicted octanol–water partition coefficient (Wildman–Crippen LogP) is 2.09. The monoisotopic (exact) mass is 198 g/mol. The van der Waals surface area contributed by atoms with Gasteiger partial charge in [0.05, 0.1) is 0 Å². The van der Waals surface area contributed by atoms with Crippen LogP contribution in [0.25, 0.3) is 0 Å². The van der Waals surface area contributed by atoms with Crippen LogP contribution in [0, 0.1) is 11.8 Å². The molecule has 14 heavy (non-hydrogen) atoms. The van der Waals surface area contributed by atoms with E-state index in [4.69, 9.17) is 5.73 Å². The van der Waals surface area contributed by atoms with Crippen molar-refractivity contribution in [3.63, 3.8) is 0 Å². The van der Waals surface area contributed by atoms with Gasteiger partial charge in [0.1, 0.15) is 0 Å². The van der Waals surface area contributed by atoms with Crippen molar-refractivity contribution in [2.75, 3.05) is 20.1 Å². The molecule has 0 bridgehead atoms. The van der Waals surface area contributed by atoms with Crippen molar-refractivity contribution in [3.05, 3.63) is 0 Å². The molecule has 0 saturated heterocycles. The van der Waals surface area contributed by atoms with E-state index in [1.807, 2.05) is 0 Å². The largest absolute Gasteiger partial charge is 0.327 e. The molecule has 2 N–H and O–H groups in total. The van der Waals surface area contributed by atoms with Crippen LogP contribution in [0.4, 0.5) is 0 Å². The minimum Gasteiger partial charge on any atom is -0.327 e. The van der Waals surface area contributed by atoms with Gasteiger partial charge in [0.25, 0.3) is 0 Å². The van der Waals surface area contributed by atoms with Crippen LogP contribution in [-0.2, 0) is 0 Å². The summed E-state index contributed by atoms with van der Waals surface area (Å²) in [6.07, 6.45) is 5.22. The van der Waals surface area contributed by atoms with Crippen molar-refractivity contribution < 1.29 is 0 Å². The Morgan fingerprint density at radius 1 is 1.21 bits per heavy atom. The quantitative estimate of drug-likeness (QED) is 0.679. The summed E-state index contributed by atoms with van der Waals surface area (Å²) in [6.45, 7) is 6.95. The molecule has 1 rings (SSSR count). The SMILES string of the molecule is CC(C)CCN(C)CCC(N)C1CC1. The Morgan fingerprint density at radius 2 is 1.79 bits per heavy atom. The maximum Gasteiger partial charge on any atom is 0.00793 e. The molecule has 0 aromatic heterocycles. The van der Waals surface area contributed by atoms with Crippen molar-refractivity contribution in [3.8, 4) is 0 Å². The van der Waals surface area contributed by atoms with E-state index in [0.717, 1.165) is 11.8 Å². The van der Waals surface area contributed by atoms with Crippen molar-refractivity contribution in [2.45, 2.75) is 45.6 Å². The minimum atomic E-state index is 0.469. The van der Waals surface area contributed by atoms with Gasteiger partial charge in [0.15, 0.2) is 0 Å². The van der Waals surface area contributed by atoms with Gasteiger partial charge in [0, 0.05) is 6.04 Å². The zero-order valence-electron chi connectivity index (χ0n) is 10.00. The van der Waals surface area contributed by atoms with E-state index in [0.29, 0.717) is 6.04 Å². The zero-order valence-corrected chi connectivity index (χ0v) is 10.00. The lowest BCUT2D eigenvalue weighted by molar-refractivity contribution is 0.293. The first-order valence-electron chi connectivity index (χ1n) is 6.03. The van der Waals surface area contributed by atoms with E-state index in [1.165, 1.54) is 38.8 Å². The molecule has 84 valence electrons. The van der Waals surface area contributed by atoms with E-state index in [-0.39, 0.29) is 0 Å². The third kappa shape index (κ3) is 4.97.